The summed E-state index contributed by atoms with van der Waals surface area (Å²) in [5, 5.41) is 1.66. The number of nitrogen functional groups attached to an aromatic ring is 1. The molecule has 1 aliphatic rings. The van der Waals surface area contributed by atoms with Crippen LogP contribution < -0.4 is 11.3 Å². The van der Waals surface area contributed by atoms with E-state index in [-0.39, 0.29) is 5.91 Å². The molecule has 20 heavy (non-hydrogen) atoms. The van der Waals surface area contributed by atoms with Gasteiger partial charge in [0.25, 0.3) is 5.91 Å². The Hall–Kier alpha value is -1.43. The van der Waals surface area contributed by atoms with E-state index in [4.69, 9.17) is 17.4 Å². The van der Waals surface area contributed by atoms with Crippen molar-refractivity contribution in [1.82, 2.24) is 10.4 Å². The van der Waals surface area contributed by atoms with Gasteiger partial charge in [0, 0.05) is 17.4 Å². The Morgan fingerprint density at radius 3 is 2.70 bits per heavy atom. The predicted octanol–water partition coefficient (Wildman–Crippen LogP) is 2.87. The Kier molecular flexibility index (Phi) is 3.74. The molecule has 1 saturated carbocycles. The summed E-state index contributed by atoms with van der Waals surface area (Å²) in [6, 6.07) is 7.67. The predicted molar refractivity (Wildman–Crippen MR) is 80.0 cm³/mol. The van der Waals surface area contributed by atoms with Crippen LogP contribution in [-0.4, -0.2) is 10.9 Å². The molecule has 0 spiro atoms. The summed E-state index contributed by atoms with van der Waals surface area (Å²) in [6.07, 6.45) is 2.92. The lowest BCUT2D eigenvalue weighted by Gasteiger charge is -1.97. The molecule has 1 heterocycles. The largest absolute Gasteiger partial charge is 0.289 e. The highest BCUT2D eigenvalue weighted by Crippen LogP contribution is 2.42. The van der Waals surface area contributed by atoms with Crippen LogP contribution in [0.5, 0.6) is 0 Å². The lowest BCUT2D eigenvalue weighted by molar-refractivity contribution is 0.0956. The molecule has 0 unspecified atom stereocenters. The van der Waals surface area contributed by atoms with Gasteiger partial charge in [-0.1, -0.05) is 23.7 Å². The van der Waals surface area contributed by atoms with Gasteiger partial charge in [0.15, 0.2) is 0 Å². The second kappa shape index (κ2) is 5.52. The minimum atomic E-state index is -0.244. The van der Waals surface area contributed by atoms with Crippen molar-refractivity contribution in [1.29, 1.82) is 0 Å². The van der Waals surface area contributed by atoms with Crippen LogP contribution >= 0.6 is 22.9 Å². The first-order valence-corrected chi connectivity index (χ1v) is 7.62. The van der Waals surface area contributed by atoms with E-state index < -0.39 is 0 Å². The number of hydrogen-bond donors (Lipinski definition) is 2. The van der Waals surface area contributed by atoms with E-state index in [0.29, 0.717) is 17.2 Å². The van der Waals surface area contributed by atoms with Crippen molar-refractivity contribution in [2.45, 2.75) is 25.2 Å². The summed E-state index contributed by atoms with van der Waals surface area (Å²) in [5.74, 6) is 5.42. The maximum absolute atomic E-state index is 11.8. The maximum atomic E-state index is 11.8. The first-order valence-electron chi connectivity index (χ1n) is 6.42. The van der Waals surface area contributed by atoms with Gasteiger partial charge >= 0.3 is 0 Å². The van der Waals surface area contributed by atoms with Crippen molar-refractivity contribution in [2.24, 2.45) is 5.84 Å². The molecular weight excluding hydrogens is 294 g/mol. The molecule has 0 atom stereocenters. The second-order valence-corrected chi connectivity index (χ2v) is 6.39. The summed E-state index contributed by atoms with van der Waals surface area (Å²) >= 11 is 7.30. The highest BCUT2D eigenvalue weighted by Gasteiger charge is 2.31. The summed E-state index contributed by atoms with van der Waals surface area (Å²) in [5.41, 5.74) is 4.24. The lowest BCUT2D eigenvalue weighted by atomic mass is 10.1. The quantitative estimate of drug-likeness (QED) is 0.518. The van der Waals surface area contributed by atoms with Crippen molar-refractivity contribution in [3.05, 3.63) is 50.4 Å². The number of carbonyl (C=O) groups excluding carboxylic acids is 1. The molecule has 1 fully saturated rings. The summed E-state index contributed by atoms with van der Waals surface area (Å²) in [7, 11) is 0. The normalized spacial score (nSPS) is 14.3. The van der Waals surface area contributed by atoms with Crippen molar-refractivity contribution in [3.8, 4) is 0 Å². The van der Waals surface area contributed by atoms with Gasteiger partial charge in [-0.15, -0.1) is 11.3 Å². The van der Waals surface area contributed by atoms with Crippen LogP contribution in [0.2, 0.25) is 5.02 Å². The van der Waals surface area contributed by atoms with E-state index in [1.165, 1.54) is 11.3 Å². The third-order valence-corrected chi connectivity index (χ3v) is 4.59. The third kappa shape index (κ3) is 2.85. The van der Waals surface area contributed by atoms with Crippen LogP contribution in [0.3, 0.4) is 0 Å². The number of rotatable bonds is 4. The monoisotopic (exact) mass is 307 g/mol. The first-order chi connectivity index (χ1) is 9.67. The van der Waals surface area contributed by atoms with Crippen molar-refractivity contribution >= 4 is 28.8 Å². The topological polar surface area (TPSA) is 68.0 Å². The zero-order valence-corrected chi connectivity index (χ0v) is 12.3. The van der Waals surface area contributed by atoms with E-state index in [0.717, 1.165) is 34.1 Å². The van der Waals surface area contributed by atoms with Crippen LogP contribution in [0.25, 0.3) is 0 Å². The highest BCUT2D eigenvalue weighted by molar-refractivity contribution is 7.13. The fraction of sp³-hybridized carbons (Fsp3) is 0.286. The average molecular weight is 308 g/mol. The molecule has 0 aliphatic heterocycles. The van der Waals surface area contributed by atoms with Gasteiger partial charge < -0.3 is 0 Å². The number of aromatic nitrogens is 1. The van der Waals surface area contributed by atoms with Gasteiger partial charge in [0.05, 0.1) is 10.7 Å². The Bertz CT molecular complexity index is 634. The number of thiazole rings is 1. The summed E-state index contributed by atoms with van der Waals surface area (Å²) in [6.45, 7) is 0. The van der Waals surface area contributed by atoms with Gasteiger partial charge in [-0.2, -0.15) is 0 Å². The molecule has 1 aromatic heterocycles. The van der Waals surface area contributed by atoms with Crippen LogP contribution in [0.4, 0.5) is 0 Å². The van der Waals surface area contributed by atoms with E-state index in [1.807, 2.05) is 24.3 Å². The molecule has 2 aromatic rings. The van der Waals surface area contributed by atoms with Crippen molar-refractivity contribution in [2.75, 3.05) is 0 Å². The molecule has 6 heteroatoms. The van der Waals surface area contributed by atoms with Gasteiger partial charge in [0.1, 0.15) is 4.88 Å². The standard InChI is InChI=1S/C14H14ClN3OS/c15-10-5-1-8(2-6-10)7-11-17-12(9-3-4-9)13(20-11)14(19)18-16/h1-2,5-6,9H,3-4,7,16H2,(H,18,19). The molecular formula is C14H14ClN3OS. The smallest absolute Gasteiger partial charge is 0.277 e. The third-order valence-electron chi connectivity index (χ3n) is 3.27. The van der Waals surface area contributed by atoms with Gasteiger partial charge in [0.2, 0.25) is 0 Å². The number of nitrogens with one attached hydrogen (secondary N) is 1. The van der Waals surface area contributed by atoms with Crippen molar-refractivity contribution < 1.29 is 4.79 Å². The summed E-state index contributed by atoms with van der Waals surface area (Å²) in [4.78, 5) is 17.1. The molecule has 1 aromatic carbocycles. The number of amides is 1. The highest BCUT2D eigenvalue weighted by atomic mass is 35.5. The fourth-order valence-corrected chi connectivity index (χ4v) is 3.31. The fourth-order valence-electron chi connectivity index (χ4n) is 2.09. The van der Waals surface area contributed by atoms with E-state index in [9.17, 15) is 4.79 Å². The summed E-state index contributed by atoms with van der Waals surface area (Å²) < 4.78 is 0. The maximum Gasteiger partial charge on any atom is 0.277 e. The first kappa shape index (κ1) is 13.5. The lowest BCUT2D eigenvalue weighted by Crippen LogP contribution is -2.30. The molecule has 1 aliphatic carbocycles. The Labute approximate surface area is 125 Å². The molecule has 0 saturated heterocycles. The number of hydrogen-bond acceptors (Lipinski definition) is 4. The van der Waals surface area contributed by atoms with Crippen LogP contribution in [0, 0.1) is 0 Å². The Balaban J connectivity index is 1.86. The van der Waals surface area contributed by atoms with Gasteiger partial charge in [-0.25, -0.2) is 10.8 Å². The van der Waals surface area contributed by atoms with Gasteiger partial charge in [-0.05, 0) is 30.5 Å². The molecule has 104 valence electrons. The molecule has 3 rings (SSSR count). The second-order valence-electron chi connectivity index (χ2n) is 4.87. The van der Waals surface area contributed by atoms with E-state index in [1.54, 1.807) is 0 Å². The zero-order chi connectivity index (χ0) is 14.1. The molecule has 4 nitrogen and oxygen atoms in total. The average Bonchev–Trinajstić information content (AvgIpc) is 3.22. The Morgan fingerprint density at radius 2 is 2.10 bits per heavy atom. The Morgan fingerprint density at radius 1 is 1.40 bits per heavy atom. The van der Waals surface area contributed by atoms with Crippen LogP contribution in [0.1, 0.15) is 44.7 Å². The molecule has 1 amide bonds. The van der Waals surface area contributed by atoms with Gasteiger partial charge in [-0.3, -0.25) is 10.2 Å². The number of carbonyl (C=O) groups is 1. The minimum absolute atomic E-state index is 0.244. The SMILES string of the molecule is NNC(=O)c1sc(Cc2ccc(Cl)cc2)nc1C1CC1. The molecule has 3 N–H and O–H groups in total. The number of halogens is 1. The minimum Gasteiger partial charge on any atom is -0.289 e. The number of hydrazine groups is 1. The number of benzene rings is 1. The molecule has 0 bridgehead atoms. The van der Waals surface area contributed by atoms with Crippen molar-refractivity contribution in [3.63, 3.8) is 0 Å². The van der Waals surface area contributed by atoms with Crippen LogP contribution in [-0.2, 0) is 6.42 Å². The number of nitrogens with two attached hydrogens (primary N) is 1. The number of nitrogens with zero attached hydrogens (tertiary/aromatic N) is 1. The van der Waals surface area contributed by atoms with E-state index in [2.05, 4.69) is 10.4 Å². The molecule has 0 radical (unpaired) electrons. The zero-order valence-electron chi connectivity index (χ0n) is 10.7. The van der Waals surface area contributed by atoms with Crippen LogP contribution in [0.15, 0.2) is 24.3 Å². The van der Waals surface area contributed by atoms with E-state index >= 15 is 0 Å².